The quantitative estimate of drug-likeness (QED) is 0.345. The Hall–Kier alpha value is -1.58. The number of aliphatic hydroxyl groups is 1. The monoisotopic (exact) mass is 542 g/mol. The van der Waals surface area contributed by atoms with Crippen molar-refractivity contribution < 1.29 is 18.8 Å². The average molecular weight is 543 g/mol. The van der Waals surface area contributed by atoms with Gasteiger partial charge in [0.15, 0.2) is 14.1 Å². The number of carbonyl (C=O) groups is 1. The molecule has 2 aromatic carbocycles. The molecule has 0 saturated carbocycles. The first kappa shape index (κ1) is 31.6. The molecular weight excluding hydrogens is 493 g/mol. The molecule has 0 spiro atoms. The number of ketones is 1. The molecule has 37 heavy (non-hydrogen) atoms. The van der Waals surface area contributed by atoms with Gasteiger partial charge in [0.05, 0.1) is 6.10 Å². The van der Waals surface area contributed by atoms with Crippen LogP contribution in [-0.2, 0) is 13.6 Å². The zero-order valence-corrected chi connectivity index (χ0v) is 27.0. The van der Waals surface area contributed by atoms with E-state index < -0.39 is 34.8 Å². The summed E-state index contributed by atoms with van der Waals surface area (Å²) in [4.78, 5) is 13.3. The lowest BCUT2D eigenvalue weighted by Gasteiger charge is -2.44. The highest BCUT2D eigenvalue weighted by molar-refractivity contribution is 6.99. The normalized spacial score (nSPS) is 16.6. The van der Waals surface area contributed by atoms with Crippen LogP contribution in [0.25, 0.3) is 0 Å². The molecule has 0 saturated heterocycles. The molecule has 0 amide bonds. The number of carbonyl (C=O) groups excluding carboxylic acids is 1. The van der Waals surface area contributed by atoms with Gasteiger partial charge in [0.25, 0.3) is 8.32 Å². The van der Waals surface area contributed by atoms with Crippen molar-refractivity contribution in [3.63, 3.8) is 0 Å². The zero-order chi connectivity index (χ0) is 28.2. The van der Waals surface area contributed by atoms with Crippen LogP contribution in [0.5, 0.6) is 0 Å². The lowest BCUT2D eigenvalue weighted by Crippen LogP contribution is -2.67. The summed E-state index contributed by atoms with van der Waals surface area (Å²) in [5.74, 6) is -0.812. The molecule has 0 bridgehead atoms. The van der Waals surface area contributed by atoms with E-state index in [1.165, 1.54) is 10.4 Å². The highest BCUT2D eigenvalue weighted by atomic mass is 28.4. The largest absolute Gasteiger partial charge is 0.407 e. The fourth-order valence-corrected chi connectivity index (χ4v) is 10.8. The van der Waals surface area contributed by atoms with E-state index in [2.05, 4.69) is 103 Å². The van der Waals surface area contributed by atoms with E-state index in [9.17, 15) is 9.90 Å². The van der Waals surface area contributed by atoms with Gasteiger partial charge in [-0.25, -0.2) is 0 Å². The van der Waals surface area contributed by atoms with Gasteiger partial charge in [-0.15, -0.1) is 0 Å². The van der Waals surface area contributed by atoms with E-state index in [0.717, 1.165) is 0 Å². The molecule has 2 rings (SSSR count). The van der Waals surface area contributed by atoms with Crippen LogP contribution >= 0.6 is 0 Å². The van der Waals surface area contributed by atoms with Crippen molar-refractivity contribution in [1.29, 1.82) is 0 Å². The minimum absolute atomic E-state index is 0.0142. The number of benzene rings is 2. The van der Waals surface area contributed by atoms with Gasteiger partial charge >= 0.3 is 0 Å². The first-order valence-electron chi connectivity index (χ1n) is 13.6. The van der Waals surface area contributed by atoms with Crippen molar-refractivity contribution >= 4 is 32.8 Å². The van der Waals surface area contributed by atoms with Gasteiger partial charge in [-0.3, -0.25) is 4.79 Å². The molecule has 0 heterocycles. The summed E-state index contributed by atoms with van der Waals surface area (Å²) in [6, 6.07) is 21.0. The van der Waals surface area contributed by atoms with E-state index in [1.807, 2.05) is 32.9 Å². The Morgan fingerprint density at radius 2 is 1.24 bits per heavy atom. The fourth-order valence-electron chi connectivity index (χ4n) is 4.82. The third kappa shape index (κ3) is 7.09. The molecule has 2 aromatic rings. The van der Waals surface area contributed by atoms with Crippen LogP contribution in [0.4, 0.5) is 0 Å². The molecule has 0 radical (unpaired) electrons. The summed E-state index contributed by atoms with van der Waals surface area (Å²) < 4.78 is 13.4. The lowest BCUT2D eigenvalue weighted by molar-refractivity contribution is -0.134. The fraction of sp³-hybridized carbons (Fsp3) is 0.581. The third-order valence-electron chi connectivity index (χ3n) is 8.20. The van der Waals surface area contributed by atoms with E-state index >= 15 is 0 Å². The number of rotatable bonds is 11. The molecular formula is C31H50O4Si2. The second-order valence-electron chi connectivity index (χ2n) is 13.2. The zero-order valence-electron chi connectivity index (χ0n) is 25.0. The molecule has 0 unspecified atom stereocenters. The molecule has 0 aromatic heterocycles. The standard InChI is InChI=1S/C31H50O4Si2/c1-23(28(32)24(2)29(33)25(3)35-36(10,11)30(4,5)6)22-34-37(31(7,8)9,26-18-14-12-15-19-26)27-20-16-13-17-21-27/h12-21,23-25,28,32H,22H2,1-11H3/t23-,24+,25-,28-/m0/s1. The summed E-state index contributed by atoms with van der Waals surface area (Å²) >= 11 is 0. The Bertz CT molecular complexity index is 954. The number of hydrogen-bond donors (Lipinski definition) is 1. The van der Waals surface area contributed by atoms with Crippen LogP contribution < -0.4 is 10.4 Å². The van der Waals surface area contributed by atoms with E-state index in [-0.39, 0.29) is 21.8 Å². The van der Waals surface area contributed by atoms with Crippen molar-refractivity contribution in [1.82, 2.24) is 0 Å². The Morgan fingerprint density at radius 3 is 1.62 bits per heavy atom. The molecule has 206 valence electrons. The maximum Gasteiger partial charge on any atom is 0.261 e. The van der Waals surface area contributed by atoms with Crippen molar-refractivity contribution in [2.75, 3.05) is 6.61 Å². The first-order valence-corrected chi connectivity index (χ1v) is 18.4. The maximum absolute atomic E-state index is 13.3. The highest BCUT2D eigenvalue weighted by Crippen LogP contribution is 2.39. The predicted molar refractivity (Wildman–Crippen MR) is 161 cm³/mol. The summed E-state index contributed by atoms with van der Waals surface area (Å²) in [5, 5.41) is 13.6. The Balaban J connectivity index is 2.28. The van der Waals surface area contributed by atoms with Crippen LogP contribution in [0.1, 0.15) is 62.3 Å². The number of Topliss-reactive ketones (excluding diaryl/α,β-unsaturated/α-hetero) is 1. The van der Waals surface area contributed by atoms with Gasteiger partial charge < -0.3 is 14.0 Å². The van der Waals surface area contributed by atoms with Crippen LogP contribution in [0.2, 0.25) is 23.2 Å². The van der Waals surface area contributed by atoms with Crippen molar-refractivity contribution in [2.45, 2.75) is 97.7 Å². The van der Waals surface area contributed by atoms with Crippen LogP contribution in [-0.4, -0.2) is 46.3 Å². The van der Waals surface area contributed by atoms with Crippen molar-refractivity contribution in [3.8, 4) is 0 Å². The maximum atomic E-state index is 13.3. The highest BCUT2D eigenvalue weighted by Gasteiger charge is 2.50. The minimum Gasteiger partial charge on any atom is -0.407 e. The molecule has 0 aliphatic rings. The molecule has 6 heteroatoms. The number of hydrogen-bond acceptors (Lipinski definition) is 4. The summed E-state index contributed by atoms with van der Waals surface area (Å²) in [6.07, 6.45) is -1.37. The third-order valence-corrected chi connectivity index (χ3v) is 17.8. The van der Waals surface area contributed by atoms with Gasteiger partial charge in [0.1, 0.15) is 6.10 Å². The lowest BCUT2D eigenvalue weighted by atomic mass is 9.89. The first-order chi connectivity index (χ1) is 17.0. The van der Waals surface area contributed by atoms with E-state index in [1.54, 1.807) is 0 Å². The Kier molecular flexibility index (Phi) is 10.3. The number of aliphatic hydroxyl groups excluding tert-OH is 1. The second kappa shape index (κ2) is 12.1. The molecule has 0 aliphatic carbocycles. The Labute approximate surface area is 228 Å². The van der Waals surface area contributed by atoms with Gasteiger partial charge in [-0.2, -0.15) is 0 Å². The Morgan fingerprint density at radius 1 is 0.811 bits per heavy atom. The summed E-state index contributed by atoms with van der Waals surface area (Å²) in [6.45, 7) is 23.5. The molecule has 1 N–H and O–H groups in total. The smallest absolute Gasteiger partial charge is 0.261 e. The van der Waals surface area contributed by atoms with Gasteiger partial charge in [0.2, 0.25) is 0 Å². The van der Waals surface area contributed by atoms with Gasteiger partial charge in [0, 0.05) is 18.4 Å². The topological polar surface area (TPSA) is 55.8 Å². The van der Waals surface area contributed by atoms with Crippen LogP contribution in [0.15, 0.2) is 60.7 Å². The SMILES string of the molecule is C[C@H](O[Si](C)(C)C(C)(C)C)C(=O)[C@H](C)[C@@H](O)[C@@H](C)CO[Si](c1ccccc1)(c1ccccc1)C(C)(C)C. The van der Waals surface area contributed by atoms with Crippen LogP contribution in [0.3, 0.4) is 0 Å². The van der Waals surface area contributed by atoms with Gasteiger partial charge in [-0.1, -0.05) is 116 Å². The van der Waals surface area contributed by atoms with Crippen molar-refractivity contribution in [3.05, 3.63) is 60.7 Å². The summed E-state index contributed by atoms with van der Waals surface area (Å²) in [5.41, 5.74) is 0. The minimum atomic E-state index is -2.71. The molecule has 0 aliphatic heterocycles. The van der Waals surface area contributed by atoms with Gasteiger partial charge in [-0.05, 0) is 40.5 Å². The van der Waals surface area contributed by atoms with E-state index in [4.69, 9.17) is 8.85 Å². The second-order valence-corrected chi connectivity index (χ2v) is 22.2. The average Bonchev–Trinajstić information content (AvgIpc) is 2.82. The van der Waals surface area contributed by atoms with E-state index in [0.29, 0.717) is 6.61 Å². The van der Waals surface area contributed by atoms with Crippen molar-refractivity contribution in [2.24, 2.45) is 11.8 Å². The molecule has 0 fully saturated rings. The predicted octanol–water partition coefficient (Wildman–Crippen LogP) is 6.18. The summed E-state index contributed by atoms with van der Waals surface area (Å²) in [7, 11) is -4.81. The molecule has 4 nitrogen and oxygen atoms in total. The molecule has 4 atom stereocenters. The van der Waals surface area contributed by atoms with Crippen LogP contribution in [0, 0.1) is 11.8 Å².